The molecule has 2 rings (SSSR count). The summed E-state index contributed by atoms with van der Waals surface area (Å²) in [5, 5.41) is 3.51. The second-order valence-electron chi connectivity index (χ2n) is 4.09. The summed E-state index contributed by atoms with van der Waals surface area (Å²) in [6.45, 7) is 5.77. The summed E-state index contributed by atoms with van der Waals surface area (Å²) >= 11 is 8.90. The predicted octanol–water partition coefficient (Wildman–Crippen LogP) is 4.33. The average Bonchev–Trinajstić information content (AvgIpc) is 2.43. The van der Waals surface area contributed by atoms with E-state index in [1.54, 1.807) is 0 Å². The third kappa shape index (κ3) is 1.70. The van der Waals surface area contributed by atoms with Gasteiger partial charge in [0, 0.05) is 27.4 Å². The van der Waals surface area contributed by atoms with Crippen LogP contribution in [-0.2, 0) is 0 Å². The van der Waals surface area contributed by atoms with Gasteiger partial charge in [0.2, 0.25) is 0 Å². The first-order chi connectivity index (χ1) is 6.57. The van der Waals surface area contributed by atoms with Crippen molar-refractivity contribution in [1.29, 1.82) is 0 Å². The molecule has 2 unspecified atom stereocenters. The largest absolute Gasteiger partial charge is 0.308 e. The highest BCUT2D eigenvalue weighted by Gasteiger charge is 2.42. The van der Waals surface area contributed by atoms with Gasteiger partial charge in [-0.15, -0.1) is 11.3 Å². The van der Waals surface area contributed by atoms with Gasteiger partial charge < -0.3 is 5.32 Å². The maximum atomic E-state index is 3.54. The molecule has 0 saturated carbocycles. The molecule has 0 bridgehead atoms. The van der Waals surface area contributed by atoms with Crippen LogP contribution < -0.4 is 5.32 Å². The Kier molecular flexibility index (Phi) is 3.09. The van der Waals surface area contributed by atoms with Gasteiger partial charge in [0.1, 0.15) is 0 Å². The standard InChI is InChI=1S/C10H13Br2NS/c1-3-10(2)5-13-8(10)7-4-6(11)9(12)14-7/h4,8,13H,3,5H2,1-2H3. The third-order valence-corrected chi connectivity index (χ3v) is 6.48. The molecule has 4 heteroatoms. The smallest absolute Gasteiger partial charge is 0.0843 e. The Hall–Kier alpha value is 0.620. The Bertz CT molecular complexity index is 326. The van der Waals surface area contributed by atoms with Crippen molar-refractivity contribution in [1.82, 2.24) is 5.32 Å². The number of hydrogen-bond acceptors (Lipinski definition) is 2. The lowest BCUT2D eigenvalue weighted by Crippen LogP contribution is -2.53. The van der Waals surface area contributed by atoms with Crippen molar-refractivity contribution in [3.63, 3.8) is 0 Å². The van der Waals surface area contributed by atoms with Crippen LogP contribution in [0.3, 0.4) is 0 Å². The van der Waals surface area contributed by atoms with Gasteiger partial charge in [-0.2, -0.15) is 0 Å². The number of rotatable bonds is 2. The fourth-order valence-electron chi connectivity index (χ4n) is 1.83. The van der Waals surface area contributed by atoms with Crippen molar-refractivity contribution in [3.8, 4) is 0 Å². The number of thiophene rings is 1. The number of nitrogens with one attached hydrogen (secondary N) is 1. The van der Waals surface area contributed by atoms with Gasteiger partial charge in [-0.25, -0.2) is 0 Å². The highest BCUT2D eigenvalue weighted by atomic mass is 79.9. The van der Waals surface area contributed by atoms with Crippen LogP contribution in [0.25, 0.3) is 0 Å². The Balaban J connectivity index is 2.24. The molecule has 1 aromatic heterocycles. The van der Waals surface area contributed by atoms with Gasteiger partial charge >= 0.3 is 0 Å². The van der Waals surface area contributed by atoms with Crippen LogP contribution in [0.1, 0.15) is 31.2 Å². The average molecular weight is 339 g/mol. The van der Waals surface area contributed by atoms with E-state index in [-0.39, 0.29) is 0 Å². The minimum atomic E-state index is 0.448. The van der Waals surface area contributed by atoms with Crippen LogP contribution in [0, 0.1) is 5.41 Å². The summed E-state index contributed by atoms with van der Waals surface area (Å²) in [6.07, 6.45) is 1.23. The molecule has 0 amide bonds. The summed E-state index contributed by atoms with van der Waals surface area (Å²) in [5.41, 5.74) is 0.448. The fraction of sp³-hybridized carbons (Fsp3) is 0.600. The van der Waals surface area contributed by atoms with E-state index in [1.165, 1.54) is 19.6 Å². The lowest BCUT2D eigenvalue weighted by Gasteiger charge is -2.47. The summed E-state index contributed by atoms with van der Waals surface area (Å²) < 4.78 is 2.37. The highest BCUT2D eigenvalue weighted by Crippen LogP contribution is 2.47. The van der Waals surface area contributed by atoms with E-state index in [0.717, 1.165) is 6.54 Å². The highest BCUT2D eigenvalue weighted by molar-refractivity contribution is 9.13. The van der Waals surface area contributed by atoms with Gasteiger partial charge in [-0.05, 0) is 44.3 Å². The van der Waals surface area contributed by atoms with E-state index < -0.39 is 0 Å². The van der Waals surface area contributed by atoms with Gasteiger partial charge in [-0.3, -0.25) is 0 Å². The topological polar surface area (TPSA) is 12.0 Å². The first kappa shape index (κ1) is 11.1. The third-order valence-electron chi connectivity index (χ3n) is 3.16. The van der Waals surface area contributed by atoms with Crippen molar-refractivity contribution < 1.29 is 0 Å². The summed E-state index contributed by atoms with van der Waals surface area (Å²) in [6, 6.07) is 2.76. The SMILES string of the molecule is CCC1(C)CNC1c1cc(Br)c(Br)s1. The molecule has 1 N–H and O–H groups in total. The van der Waals surface area contributed by atoms with E-state index in [0.29, 0.717) is 11.5 Å². The molecular weight excluding hydrogens is 326 g/mol. The summed E-state index contributed by atoms with van der Waals surface area (Å²) in [7, 11) is 0. The fourth-order valence-corrected chi connectivity index (χ4v) is 4.17. The molecule has 1 aromatic rings. The summed E-state index contributed by atoms with van der Waals surface area (Å²) in [5.74, 6) is 0. The molecule has 1 nitrogen and oxygen atoms in total. The quantitative estimate of drug-likeness (QED) is 0.846. The lowest BCUT2D eigenvalue weighted by molar-refractivity contribution is 0.102. The van der Waals surface area contributed by atoms with Gasteiger partial charge in [0.05, 0.1) is 3.79 Å². The van der Waals surface area contributed by atoms with Gasteiger partial charge in [-0.1, -0.05) is 13.8 Å². The molecule has 14 heavy (non-hydrogen) atoms. The molecule has 0 spiro atoms. The molecular formula is C10H13Br2NS. The zero-order chi connectivity index (χ0) is 10.3. The second kappa shape index (κ2) is 3.89. The van der Waals surface area contributed by atoms with E-state index in [2.05, 4.69) is 57.1 Å². The molecule has 2 atom stereocenters. The Labute approximate surface area is 106 Å². The number of hydrogen-bond donors (Lipinski definition) is 1. The maximum Gasteiger partial charge on any atom is 0.0843 e. The maximum absolute atomic E-state index is 3.54. The van der Waals surface area contributed by atoms with Crippen molar-refractivity contribution in [2.45, 2.75) is 26.3 Å². The molecule has 0 aromatic carbocycles. The number of halogens is 2. The molecule has 1 aliphatic rings. The van der Waals surface area contributed by atoms with Gasteiger partial charge in [0.25, 0.3) is 0 Å². The Morgan fingerprint density at radius 1 is 1.64 bits per heavy atom. The first-order valence-corrected chi connectivity index (χ1v) is 7.15. The Morgan fingerprint density at radius 3 is 2.71 bits per heavy atom. The van der Waals surface area contributed by atoms with Crippen LogP contribution >= 0.6 is 43.2 Å². The van der Waals surface area contributed by atoms with Crippen LogP contribution in [0.2, 0.25) is 0 Å². The molecule has 0 aliphatic carbocycles. The van der Waals surface area contributed by atoms with Crippen LogP contribution in [0.5, 0.6) is 0 Å². The minimum absolute atomic E-state index is 0.448. The zero-order valence-corrected chi connectivity index (χ0v) is 12.2. The molecule has 0 radical (unpaired) electrons. The van der Waals surface area contributed by atoms with Crippen molar-refractivity contribution >= 4 is 43.2 Å². The van der Waals surface area contributed by atoms with Crippen LogP contribution in [0.4, 0.5) is 0 Å². The predicted molar refractivity (Wildman–Crippen MR) is 68.9 cm³/mol. The first-order valence-electron chi connectivity index (χ1n) is 4.75. The molecule has 1 aliphatic heterocycles. The molecule has 78 valence electrons. The Morgan fingerprint density at radius 2 is 2.36 bits per heavy atom. The van der Waals surface area contributed by atoms with Crippen LogP contribution in [0.15, 0.2) is 14.3 Å². The van der Waals surface area contributed by atoms with E-state index in [9.17, 15) is 0 Å². The zero-order valence-electron chi connectivity index (χ0n) is 8.23. The lowest BCUT2D eigenvalue weighted by atomic mass is 9.72. The van der Waals surface area contributed by atoms with Crippen molar-refractivity contribution in [3.05, 3.63) is 19.2 Å². The minimum Gasteiger partial charge on any atom is -0.308 e. The monoisotopic (exact) mass is 337 g/mol. The normalized spacial score (nSPS) is 31.6. The van der Waals surface area contributed by atoms with Crippen LogP contribution in [-0.4, -0.2) is 6.54 Å². The second-order valence-corrected chi connectivity index (χ2v) is 7.35. The van der Waals surface area contributed by atoms with Gasteiger partial charge in [0.15, 0.2) is 0 Å². The molecule has 2 heterocycles. The van der Waals surface area contributed by atoms with Crippen molar-refractivity contribution in [2.75, 3.05) is 6.54 Å². The van der Waals surface area contributed by atoms with E-state index in [1.807, 2.05) is 11.3 Å². The van der Waals surface area contributed by atoms with E-state index in [4.69, 9.17) is 0 Å². The molecule has 1 saturated heterocycles. The molecule has 1 fully saturated rings. The van der Waals surface area contributed by atoms with Crippen molar-refractivity contribution in [2.24, 2.45) is 5.41 Å². The van der Waals surface area contributed by atoms with E-state index >= 15 is 0 Å². The summed E-state index contributed by atoms with van der Waals surface area (Å²) in [4.78, 5) is 1.43.